The molecule has 0 N–H and O–H groups in total. The van der Waals surface area contributed by atoms with Crippen LogP contribution in [0.4, 0.5) is 0 Å². The zero-order chi connectivity index (χ0) is 17.0. The van der Waals surface area contributed by atoms with E-state index in [-0.39, 0.29) is 0 Å². The number of hydrogen-bond donors (Lipinski definition) is 0. The van der Waals surface area contributed by atoms with Gasteiger partial charge in [0.05, 0.1) is 5.71 Å². The molecule has 1 aromatic rings. The van der Waals surface area contributed by atoms with E-state index in [9.17, 15) is 0 Å². The predicted octanol–water partition coefficient (Wildman–Crippen LogP) is 5.75. The van der Waals surface area contributed by atoms with Gasteiger partial charge in [0.15, 0.2) is 0 Å². The molecule has 126 valence electrons. The standard InChI is InChI=1S/C19H26N2.C2H6/c1-5-14-7-9-16(10-8-14)19-18-15(6-2)11-12(3)17(18)13(4)20-21-19;1-2/h7-10,12,15,17-18H,5-6,11H2,1-4H3;1-2H3. The third-order valence-electron chi connectivity index (χ3n) is 5.48. The summed E-state index contributed by atoms with van der Waals surface area (Å²) in [5, 5.41) is 9.11. The third-order valence-corrected chi connectivity index (χ3v) is 5.48. The number of rotatable bonds is 3. The largest absolute Gasteiger partial charge is 0.160 e. The number of benzene rings is 1. The topological polar surface area (TPSA) is 24.7 Å². The first-order valence-electron chi connectivity index (χ1n) is 9.37. The second-order valence-corrected chi connectivity index (χ2v) is 6.71. The Morgan fingerprint density at radius 2 is 1.65 bits per heavy atom. The molecule has 0 bridgehead atoms. The maximum atomic E-state index is 4.62. The molecule has 0 radical (unpaired) electrons. The Kier molecular flexibility index (Phi) is 6.15. The Balaban J connectivity index is 0.000000924. The fourth-order valence-electron chi connectivity index (χ4n) is 4.33. The maximum absolute atomic E-state index is 4.62. The second-order valence-electron chi connectivity index (χ2n) is 6.71. The van der Waals surface area contributed by atoms with Gasteiger partial charge in [-0.25, -0.2) is 0 Å². The average Bonchev–Trinajstić information content (AvgIpc) is 2.95. The normalized spacial score (nSPS) is 29.1. The fraction of sp³-hybridized carbons (Fsp3) is 0.619. The molecule has 1 fully saturated rings. The summed E-state index contributed by atoms with van der Waals surface area (Å²) in [5.74, 6) is 2.63. The molecule has 1 aliphatic carbocycles. The number of hydrogen-bond acceptors (Lipinski definition) is 2. The van der Waals surface area contributed by atoms with Gasteiger partial charge < -0.3 is 0 Å². The van der Waals surface area contributed by atoms with Crippen molar-refractivity contribution in [3.05, 3.63) is 35.4 Å². The molecule has 0 saturated heterocycles. The lowest BCUT2D eigenvalue weighted by Gasteiger charge is -2.29. The van der Waals surface area contributed by atoms with Gasteiger partial charge in [0.2, 0.25) is 0 Å². The Hall–Kier alpha value is -1.44. The highest BCUT2D eigenvalue weighted by Gasteiger charge is 2.46. The van der Waals surface area contributed by atoms with Crippen molar-refractivity contribution < 1.29 is 0 Å². The number of nitrogens with zero attached hydrogens (tertiary/aromatic N) is 2. The molecule has 0 amide bonds. The smallest absolute Gasteiger partial charge is 0.0742 e. The molecule has 1 aromatic carbocycles. The first-order valence-corrected chi connectivity index (χ1v) is 9.37. The monoisotopic (exact) mass is 312 g/mol. The van der Waals surface area contributed by atoms with Crippen LogP contribution in [0.25, 0.3) is 0 Å². The van der Waals surface area contributed by atoms with Gasteiger partial charge in [0.25, 0.3) is 0 Å². The highest BCUT2D eigenvalue weighted by atomic mass is 15.2. The molecule has 23 heavy (non-hydrogen) atoms. The highest BCUT2D eigenvalue weighted by Crippen LogP contribution is 2.47. The molecular formula is C21H32N2. The first kappa shape index (κ1) is 17.9. The molecule has 3 rings (SSSR count). The van der Waals surface area contributed by atoms with Crippen molar-refractivity contribution >= 4 is 11.4 Å². The van der Waals surface area contributed by atoms with E-state index in [0.717, 1.165) is 18.3 Å². The van der Waals surface area contributed by atoms with Crippen LogP contribution in [-0.2, 0) is 6.42 Å². The second kappa shape index (κ2) is 7.90. The van der Waals surface area contributed by atoms with Crippen LogP contribution in [0.5, 0.6) is 0 Å². The number of fused-ring (bicyclic) bond motifs is 1. The molecule has 2 aliphatic rings. The molecule has 0 spiro atoms. The van der Waals surface area contributed by atoms with Crippen molar-refractivity contribution in [1.29, 1.82) is 0 Å². The predicted molar refractivity (Wildman–Crippen MR) is 101 cm³/mol. The van der Waals surface area contributed by atoms with Gasteiger partial charge in [-0.2, -0.15) is 10.2 Å². The van der Waals surface area contributed by atoms with E-state index >= 15 is 0 Å². The minimum Gasteiger partial charge on any atom is -0.160 e. The number of aryl methyl sites for hydroxylation is 1. The zero-order valence-corrected chi connectivity index (χ0v) is 15.6. The molecule has 4 unspecified atom stereocenters. The van der Waals surface area contributed by atoms with E-state index in [4.69, 9.17) is 0 Å². The van der Waals surface area contributed by atoms with Crippen molar-refractivity contribution in [2.75, 3.05) is 0 Å². The Morgan fingerprint density at radius 3 is 2.22 bits per heavy atom. The van der Waals surface area contributed by atoms with Crippen LogP contribution in [0, 0.1) is 23.7 Å². The van der Waals surface area contributed by atoms with Gasteiger partial charge >= 0.3 is 0 Å². The van der Waals surface area contributed by atoms with Crippen molar-refractivity contribution in [1.82, 2.24) is 0 Å². The van der Waals surface area contributed by atoms with Crippen LogP contribution in [0.2, 0.25) is 0 Å². The van der Waals surface area contributed by atoms with Gasteiger partial charge in [-0.3, -0.25) is 0 Å². The molecule has 1 aliphatic heterocycles. The van der Waals surface area contributed by atoms with Crippen molar-refractivity contribution in [3.63, 3.8) is 0 Å². The van der Waals surface area contributed by atoms with Gasteiger partial charge in [0, 0.05) is 17.5 Å². The minimum atomic E-state index is 0.565. The lowest BCUT2D eigenvalue weighted by molar-refractivity contribution is 0.438. The Morgan fingerprint density at radius 1 is 1.00 bits per heavy atom. The van der Waals surface area contributed by atoms with E-state index < -0.39 is 0 Å². The van der Waals surface area contributed by atoms with Crippen LogP contribution in [0.1, 0.15) is 65.5 Å². The van der Waals surface area contributed by atoms with Gasteiger partial charge in [0.1, 0.15) is 0 Å². The van der Waals surface area contributed by atoms with E-state index in [1.54, 1.807) is 0 Å². The Labute approximate surface area is 142 Å². The summed E-state index contributed by atoms with van der Waals surface area (Å²) in [6, 6.07) is 8.94. The van der Waals surface area contributed by atoms with Gasteiger partial charge in [-0.15, -0.1) is 0 Å². The maximum Gasteiger partial charge on any atom is 0.0742 e. The lowest BCUT2D eigenvalue weighted by atomic mass is 9.77. The van der Waals surface area contributed by atoms with Crippen LogP contribution in [0.3, 0.4) is 0 Å². The summed E-state index contributed by atoms with van der Waals surface area (Å²) in [5.41, 5.74) is 5.12. The molecule has 0 aromatic heterocycles. The summed E-state index contributed by atoms with van der Waals surface area (Å²) < 4.78 is 0. The summed E-state index contributed by atoms with van der Waals surface area (Å²) in [6.07, 6.45) is 3.64. The van der Waals surface area contributed by atoms with Crippen LogP contribution >= 0.6 is 0 Å². The van der Waals surface area contributed by atoms with Crippen LogP contribution in [-0.4, -0.2) is 11.4 Å². The van der Waals surface area contributed by atoms with E-state index in [0.29, 0.717) is 11.8 Å². The third kappa shape index (κ3) is 3.41. The summed E-state index contributed by atoms with van der Waals surface area (Å²) >= 11 is 0. The van der Waals surface area contributed by atoms with Crippen molar-refractivity contribution in [3.8, 4) is 0 Å². The van der Waals surface area contributed by atoms with Gasteiger partial charge in [-0.1, -0.05) is 65.3 Å². The summed E-state index contributed by atoms with van der Waals surface area (Å²) in [6.45, 7) is 13.1. The highest BCUT2D eigenvalue weighted by molar-refractivity contribution is 6.07. The molecule has 1 heterocycles. The van der Waals surface area contributed by atoms with E-state index in [2.05, 4.69) is 62.2 Å². The molecule has 2 nitrogen and oxygen atoms in total. The first-order chi connectivity index (χ1) is 11.2. The average molecular weight is 313 g/mol. The molecular weight excluding hydrogens is 280 g/mol. The minimum absolute atomic E-state index is 0.565. The van der Waals surface area contributed by atoms with Crippen molar-refractivity contribution in [2.45, 2.75) is 60.8 Å². The van der Waals surface area contributed by atoms with Crippen LogP contribution < -0.4 is 0 Å². The summed E-state index contributed by atoms with van der Waals surface area (Å²) in [7, 11) is 0. The zero-order valence-electron chi connectivity index (χ0n) is 15.6. The van der Waals surface area contributed by atoms with Gasteiger partial charge in [-0.05, 0) is 42.7 Å². The van der Waals surface area contributed by atoms with E-state index in [1.807, 2.05) is 13.8 Å². The molecule has 4 atom stereocenters. The van der Waals surface area contributed by atoms with Crippen LogP contribution in [0.15, 0.2) is 34.5 Å². The van der Waals surface area contributed by atoms with Crippen molar-refractivity contribution in [2.24, 2.45) is 33.9 Å². The quantitative estimate of drug-likeness (QED) is 0.678. The summed E-state index contributed by atoms with van der Waals surface area (Å²) in [4.78, 5) is 0. The molecule has 2 heteroatoms. The SMILES string of the molecule is CC.CCc1ccc(C2=NN=C(C)C3C(C)CC(CC)C23)cc1. The fourth-order valence-corrected chi connectivity index (χ4v) is 4.33. The van der Waals surface area contributed by atoms with E-state index in [1.165, 1.54) is 35.4 Å². The Bertz CT molecular complexity index is 568. The molecule has 1 saturated carbocycles. The lowest BCUT2D eigenvalue weighted by Crippen LogP contribution is -2.33.